The molecule has 0 rings (SSSR count). The number of rotatable bonds is 12. The number of nitrogens with one attached hydrogen (secondary N) is 2. The first-order chi connectivity index (χ1) is 11.1. The average molecular weight is 346 g/mol. The van der Waals surface area contributed by atoms with Crippen LogP contribution in [0.2, 0.25) is 0 Å². The fourth-order valence-corrected chi connectivity index (χ4v) is 1.53. The number of carbonyl (C=O) groups is 2. The Balaban J connectivity index is 0. The van der Waals surface area contributed by atoms with Crippen LogP contribution in [0.25, 0.3) is 0 Å². The van der Waals surface area contributed by atoms with Crippen molar-refractivity contribution >= 4 is 12.1 Å². The Morgan fingerprint density at radius 2 is 1.67 bits per heavy atom. The first-order valence-electron chi connectivity index (χ1n) is 8.93. The van der Waals surface area contributed by atoms with Crippen LogP contribution in [0.5, 0.6) is 0 Å². The van der Waals surface area contributed by atoms with Crippen molar-refractivity contribution in [2.75, 3.05) is 26.2 Å². The van der Waals surface area contributed by atoms with Gasteiger partial charge in [-0.2, -0.15) is 0 Å². The molecule has 0 saturated carbocycles. The molecule has 6 nitrogen and oxygen atoms in total. The van der Waals surface area contributed by atoms with Gasteiger partial charge in [0.15, 0.2) is 0 Å². The minimum Gasteiger partial charge on any atom is -0.377 e. The van der Waals surface area contributed by atoms with Gasteiger partial charge in [-0.3, -0.25) is 10.2 Å². The van der Waals surface area contributed by atoms with Crippen molar-refractivity contribution in [1.29, 1.82) is 0 Å². The summed E-state index contributed by atoms with van der Waals surface area (Å²) in [4.78, 5) is 21.3. The van der Waals surface area contributed by atoms with Gasteiger partial charge in [-0.1, -0.05) is 27.7 Å². The maximum atomic E-state index is 11.0. The lowest BCUT2D eigenvalue weighted by atomic mass is 10.1. The second-order valence-electron chi connectivity index (χ2n) is 6.90. The molecule has 0 spiro atoms. The number of ether oxygens (including phenoxy) is 1. The molecule has 0 heterocycles. The van der Waals surface area contributed by atoms with Gasteiger partial charge in [0.1, 0.15) is 12.1 Å². The molecule has 0 unspecified atom stereocenters. The lowest BCUT2D eigenvalue weighted by molar-refractivity contribution is -0.121. The van der Waals surface area contributed by atoms with Crippen LogP contribution in [-0.4, -0.2) is 61.5 Å². The second-order valence-corrected chi connectivity index (χ2v) is 6.90. The summed E-state index contributed by atoms with van der Waals surface area (Å²) in [6.07, 6.45) is 1.16. The third kappa shape index (κ3) is 17.5. The maximum absolute atomic E-state index is 11.0. The van der Waals surface area contributed by atoms with Crippen molar-refractivity contribution in [3.8, 4) is 0 Å². The van der Waals surface area contributed by atoms with Crippen molar-refractivity contribution < 1.29 is 14.3 Å². The van der Waals surface area contributed by atoms with E-state index in [-0.39, 0.29) is 17.8 Å². The van der Waals surface area contributed by atoms with Crippen LogP contribution >= 0.6 is 0 Å². The van der Waals surface area contributed by atoms with Gasteiger partial charge in [-0.15, -0.1) is 0 Å². The van der Waals surface area contributed by atoms with E-state index in [0.29, 0.717) is 31.8 Å². The standard InChI is InChI=1S/C10H22N2O2.C8H17NO/c1-9(2)12(6-7-13)11-5-8-14-10(3)4;1-6(2)8(10)5-9-7(3)4/h7,9-11H,5-6,8H2,1-4H3;6-7,9H,5H2,1-4H3. The predicted octanol–water partition coefficient (Wildman–Crippen LogP) is 2.03. The highest BCUT2D eigenvalue weighted by molar-refractivity contribution is 5.82. The third-order valence-electron chi connectivity index (χ3n) is 3.09. The van der Waals surface area contributed by atoms with E-state index in [4.69, 9.17) is 4.74 Å². The van der Waals surface area contributed by atoms with Gasteiger partial charge in [0.05, 0.1) is 25.8 Å². The summed E-state index contributed by atoms with van der Waals surface area (Å²) in [6, 6.07) is 0.724. The van der Waals surface area contributed by atoms with Crippen LogP contribution in [-0.2, 0) is 14.3 Å². The average Bonchev–Trinajstić information content (AvgIpc) is 2.47. The minimum atomic E-state index is 0.159. The number of nitrogens with zero attached hydrogens (tertiary/aromatic N) is 1. The van der Waals surface area contributed by atoms with Gasteiger partial charge in [-0.25, -0.2) is 5.01 Å². The smallest absolute Gasteiger partial charge is 0.149 e. The van der Waals surface area contributed by atoms with Gasteiger partial charge in [0.25, 0.3) is 0 Å². The number of Topliss-reactive ketones (excluding diaryl/α,β-unsaturated/α-hetero) is 1. The highest BCUT2D eigenvalue weighted by Gasteiger charge is 2.07. The lowest BCUT2D eigenvalue weighted by Crippen LogP contribution is -2.45. The number of aldehydes is 1. The molecule has 0 amide bonds. The molecule has 0 saturated heterocycles. The Labute approximate surface area is 148 Å². The number of hydrazine groups is 1. The van der Waals surface area contributed by atoms with E-state index in [1.54, 1.807) is 0 Å². The lowest BCUT2D eigenvalue weighted by Gasteiger charge is -2.25. The van der Waals surface area contributed by atoms with Crippen molar-refractivity contribution in [1.82, 2.24) is 15.8 Å². The molecule has 144 valence electrons. The monoisotopic (exact) mass is 345 g/mol. The Bertz CT molecular complexity index is 319. The molecule has 0 radical (unpaired) electrons. The van der Waals surface area contributed by atoms with Crippen LogP contribution in [0.4, 0.5) is 0 Å². The molecule has 0 bridgehead atoms. The largest absolute Gasteiger partial charge is 0.377 e. The van der Waals surface area contributed by atoms with Crippen LogP contribution < -0.4 is 10.7 Å². The Morgan fingerprint density at radius 3 is 2.04 bits per heavy atom. The van der Waals surface area contributed by atoms with Crippen LogP contribution in [0.3, 0.4) is 0 Å². The van der Waals surface area contributed by atoms with Crippen LogP contribution in [0.1, 0.15) is 55.4 Å². The van der Waals surface area contributed by atoms with E-state index in [9.17, 15) is 9.59 Å². The van der Waals surface area contributed by atoms with Gasteiger partial charge in [0, 0.05) is 24.5 Å². The SMILES string of the molecule is CC(C)NCC(=O)C(C)C.CC(C)OCCNN(CC=O)C(C)C. The highest BCUT2D eigenvalue weighted by atomic mass is 16.5. The summed E-state index contributed by atoms with van der Waals surface area (Å²) < 4.78 is 5.37. The van der Waals surface area contributed by atoms with E-state index in [2.05, 4.69) is 10.7 Å². The van der Waals surface area contributed by atoms with Gasteiger partial charge < -0.3 is 14.8 Å². The number of hydrogen-bond donors (Lipinski definition) is 2. The maximum Gasteiger partial charge on any atom is 0.149 e. The first-order valence-corrected chi connectivity index (χ1v) is 8.93. The summed E-state index contributed by atoms with van der Waals surface area (Å²) in [6.45, 7) is 18.3. The zero-order valence-electron chi connectivity index (χ0n) is 16.9. The molecule has 0 atom stereocenters. The second kappa shape index (κ2) is 15.7. The third-order valence-corrected chi connectivity index (χ3v) is 3.09. The zero-order valence-corrected chi connectivity index (χ0v) is 16.9. The minimum absolute atomic E-state index is 0.159. The molecule has 0 aromatic heterocycles. The summed E-state index contributed by atoms with van der Waals surface area (Å²) >= 11 is 0. The summed E-state index contributed by atoms with van der Waals surface area (Å²) in [5, 5.41) is 4.98. The number of carbonyl (C=O) groups excluding carboxylic acids is 2. The number of hydrogen-bond acceptors (Lipinski definition) is 6. The van der Waals surface area contributed by atoms with E-state index in [1.807, 2.05) is 60.4 Å². The van der Waals surface area contributed by atoms with Crippen molar-refractivity contribution in [2.45, 2.75) is 73.6 Å². The van der Waals surface area contributed by atoms with Crippen LogP contribution in [0.15, 0.2) is 0 Å². The topological polar surface area (TPSA) is 70.7 Å². The van der Waals surface area contributed by atoms with E-state index in [0.717, 1.165) is 12.8 Å². The molecule has 0 aromatic rings. The van der Waals surface area contributed by atoms with Gasteiger partial charge in [-0.05, 0) is 27.7 Å². The van der Waals surface area contributed by atoms with Gasteiger partial charge >= 0.3 is 0 Å². The predicted molar refractivity (Wildman–Crippen MR) is 100.0 cm³/mol. The van der Waals surface area contributed by atoms with Crippen molar-refractivity contribution in [2.24, 2.45) is 5.92 Å². The summed E-state index contributed by atoms with van der Waals surface area (Å²) in [7, 11) is 0. The van der Waals surface area contributed by atoms with E-state index >= 15 is 0 Å². The molecular formula is C18H39N3O3. The molecule has 0 fully saturated rings. The summed E-state index contributed by atoms with van der Waals surface area (Å²) in [5.74, 6) is 0.444. The Hall–Kier alpha value is -0.820. The normalized spacial score (nSPS) is 11.4. The van der Waals surface area contributed by atoms with Crippen molar-refractivity contribution in [3.63, 3.8) is 0 Å². The fourth-order valence-electron chi connectivity index (χ4n) is 1.53. The Morgan fingerprint density at radius 1 is 1.08 bits per heavy atom. The molecule has 0 aliphatic heterocycles. The first kappa shape index (κ1) is 25.4. The highest BCUT2D eigenvalue weighted by Crippen LogP contribution is 1.93. The molecule has 2 N–H and O–H groups in total. The van der Waals surface area contributed by atoms with Crippen molar-refractivity contribution in [3.05, 3.63) is 0 Å². The fraction of sp³-hybridized carbons (Fsp3) is 0.889. The quantitative estimate of drug-likeness (QED) is 0.320. The molecular weight excluding hydrogens is 306 g/mol. The molecule has 6 heteroatoms. The Kier molecular flexibility index (Phi) is 16.6. The molecule has 0 aromatic carbocycles. The van der Waals surface area contributed by atoms with Crippen LogP contribution in [0, 0.1) is 5.92 Å². The zero-order chi connectivity index (χ0) is 19.1. The molecule has 24 heavy (non-hydrogen) atoms. The van der Waals surface area contributed by atoms with E-state index in [1.165, 1.54) is 0 Å². The van der Waals surface area contributed by atoms with E-state index < -0.39 is 0 Å². The molecule has 0 aliphatic rings. The molecule has 0 aliphatic carbocycles. The number of ketones is 1. The van der Waals surface area contributed by atoms with Gasteiger partial charge in [0.2, 0.25) is 0 Å². The summed E-state index contributed by atoms with van der Waals surface area (Å²) in [5.41, 5.74) is 3.15.